The number of fused-ring (bicyclic) bond motifs is 1. The van der Waals surface area contributed by atoms with Crippen LogP contribution in [-0.4, -0.2) is 12.5 Å². The van der Waals surface area contributed by atoms with E-state index in [1.54, 1.807) is 0 Å². The minimum Gasteiger partial charge on any atom is -0.330 e. The van der Waals surface area contributed by atoms with Crippen molar-refractivity contribution in [2.24, 2.45) is 11.7 Å². The normalized spacial score (nSPS) is 19.1. The van der Waals surface area contributed by atoms with Crippen LogP contribution in [0.15, 0.2) is 22.7 Å². The van der Waals surface area contributed by atoms with Crippen LogP contribution in [0.4, 0.5) is 5.69 Å². The van der Waals surface area contributed by atoms with Gasteiger partial charge in [0, 0.05) is 16.1 Å². The number of benzene rings is 1. The van der Waals surface area contributed by atoms with Gasteiger partial charge in [0.1, 0.15) is 0 Å². The average Bonchev–Trinajstić information content (AvgIpc) is 2.27. The summed E-state index contributed by atoms with van der Waals surface area (Å²) in [5, 5.41) is 2.95. The Bertz CT molecular complexity index is 406. The highest BCUT2D eigenvalue weighted by Gasteiger charge is 2.25. The maximum atomic E-state index is 11.8. The molecule has 1 atom stereocenters. The predicted octanol–water partition coefficient (Wildman–Crippen LogP) is 2.30. The molecule has 4 heteroatoms. The van der Waals surface area contributed by atoms with Gasteiger partial charge in [-0.1, -0.05) is 15.9 Å². The molecule has 0 spiro atoms. The number of hydrogen-bond acceptors (Lipinski definition) is 2. The van der Waals surface area contributed by atoms with Gasteiger partial charge in [-0.15, -0.1) is 0 Å². The minimum absolute atomic E-state index is 0.0744. The molecule has 1 aliphatic heterocycles. The van der Waals surface area contributed by atoms with E-state index in [0.717, 1.165) is 29.4 Å². The number of carbonyl (C=O) groups excluding carboxylic acids is 1. The molecule has 0 fully saturated rings. The van der Waals surface area contributed by atoms with Gasteiger partial charge in [-0.05, 0) is 49.6 Å². The zero-order valence-electron chi connectivity index (χ0n) is 9.00. The Morgan fingerprint density at radius 2 is 2.31 bits per heavy atom. The van der Waals surface area contributed by atoms with Crippen molar-refractivity contribution in [1.29, 1.82) is 0 Å². The van der Waals surface area contributed by atoms with Crippen LogP contribution in [0.2, 0.25) is 0 Å². The van der Waals surface area contributed by atoms with Crippen molar-refractivity contribution in [1.82, 2.24) is 0 Å². The highest BCUT2D eigenvalue weighted by molar-refractivity contribution is 9.10. The molecule has 1 aromatic carbocycles. The number of rotatable bonds is 3. The van der Waals surface area contributed by atoms with Crippen LogP contribution in [0, 0.1) is 5.92 Å². The van der Waals surface area contributed by atoms with Gasteiger partial charge in [0.15, 0.2) is 0 Å². The number of hydrogen-bond donors (Lipinski definition) is 2. The standard InChI is InChI=1S/C12H15BrN2O/c13-10-3-4-11-9(7-10)6-8(2-1-5-14)12(16)15-11/h3-4,7-8H,1-2,5-6,14H2,(H,15,16). The minimum atomic E-state index is 0.0744. The molecular formula is C12H15BrN2O. The molecular weight excluding hydrogens is 268 g/mol. The summed E-state index contributed by atoms with van der Waals surface area (Å²) in [5.74, 6) is 0.202. The van der Waals surface area contributed by atoms with E-state index in [2.05, 4.69) is 27.3 Å². The van der Waals surface area contributed by atoms with Crippen molar-refractivity contribution < 1.29 is 4.79 Å². The molecule has 0 radical (unpaired) electrons. The summed E-state index contributed by atoms with van der Waals surface area (Å²) >= 11 is 3.45. The van der Waals surface area contributed by atoms with Gasteiger partial charge in [-0.3, -0.25) is 4.79 Å². The molecule has 1 unspecified atom stereocenters. The second kappa shape index (κ2) is 4.97. The molecule has 1 aromatic rings. The summed E-state index contributed by atoms with van der Waals surface area (Å²) in [7, 11) is 0. The maximum absolute atomic E-state index is 11.8. The highest BCUT2D eigenvalue weighted by Crippen LogP contribution is 2.29. The van der Waals surface area contributed by atoms with Crippen LogP contribution in [0.25, 0.3) is 0 Å². The number of anilines is 1. The average molecular weight is 283 g/mol. The summed E-state index contributed by atoms with van der Waals surface area (Å²) in [6, 6.07) is 5.96. The molecule has 0 aromatic heterocycles. The van der Waals surface area contributed by atoms with Gasteiger partial charge in [0.05, 0.1) is 0 Å². The molecule has 0 saturated heterocycles. The number of halogens is 1. The molecule has 3 nitrogen and oxygen atoms in total. The van der Waals surface area contributed by atoms with Crippen molar-refractivity contribution in [3.05, 3.63) is 28.2 Å². The van der Waals surface area contributed by atoms with Gasteiger partial charge >= 0.3 is 0 Å². The second-order valence-corrected chi connectivity index (χ2v) is 5.04. The Hall–Kier alpha value is -0.870. The monoisotopic (exact) mass is 282 g/mol. The molecule has 86 valence electrons. The lowest BCUT2D eigenvalue weighted by atomic mass is 9.90. The van der Waals surface area contributed by atoms with Crippen LogP contribution in [0.1, 0.15) is 18.4 Å². The highest BCUT2D eigenvalue weighted by atomic mass is 79.9. The van der Waals surface area contributed by atoms with Crippen molar-refractivity contribution in [2.45, 2.75) is 19.3 Å². The fraction of sp³-hybridized carbons (Fsp3) is 0.417. The van der Waals surface area contributed by atoms with Gasteiger partial charge in [0.2, 0.25) is 5.91 Å². The molecule has 0 bridgehead atoms. The Labute approximate surface area is 104 Å². The molecule has 1 amide bonds. The second-order valence-electron chi connectivity index (χ2n) is 4.12. The van der Waals surface area contributed by atoms with E-state index < -0.39 is 0 Å². The van der Waals surface area contributed by atoms with Crippen LogP contribution in [0.3, 0.4) is 0 Å². The number of nitrogens with one attached hydrogen (secondary N) is 1. The Morgan fingerprint density at radius 1 is 1.50 bits per heavy atom. The van der Waals surface area contributed by atoms with E-state index >= 15 is 0 Å². The number of carbonyl (C=O) groups is 1. The van der Waals surface area contributed by atoms with E-state index in [-0.39, 0.29) is 11.8 Å². The summed E-state index contributed by atoms with van der Waals surface area (Å²) in [4.78, 5) is 11.8. The van der Waals surface area contributed by atoms with Crippen molar-refractivity contribution >= 4 is 27.5 Å². The summed E-state index contributed by atoms with van der Waals surface area (Å²) in [6.07, 6.45) is 2.59. The smallest absolute Gasteiger partial charge is 0.227 e. The summed E-state index contributed by atoms with van der Waals surface area (Å²) < 4.78 is 1.06. The fourth-order valence-electron chi connectivity index (χ4n) is 2.04. The van der Waals surface area contributed by atoms with Crippen molar-refractivity contribution in [3.8, 4) is 0 Å². The van der Waals surface area contributed by atoms with E-state index in [1.807, 2.05) is 12.1 Å². The molecule has 1 heterocycles. The lowest BCUT2D eigenvalue weighted by Crippen LogP contribution is -2.30. The first kappa shape index (κ1) is 11.6. The van der Waals surface area contributed by atoms with Crippen molar-refractivity contribution in [2.75, 3.05) is 11.9 Å². The van der Waals surface area contributed by atoms with E-state index in [1.165, 1.54) is 5.56 Å². The Balaban J connectivity index is 2.16. The summed E-state index contributed by atoms with van der Waals surface area (Å²) in [6.45, 7) is 0.648. The van der Waals surface area contributed by atoms with Gasteiger partial charge in [0.25, 0.3) is 0 Å². The number of nitrogens with two attached hydrogens (primary N) is 1. The zero-order chi connectivity index (χ0) is 11.5. The van der Waals surface area contributed by atoms with Crippen molar-refractivity contribution in [3.63, 3.8) is 0 Å². The topological polar surface area (TPSA) is 55.1 Å². The summed E-state index contributed by atoms with van der Waals surface area (Å²) in [5.41, 5.74) is 7.62. The lowest BCUT2D eigenvalue weighted by Gasteiger charge is -2.24. The Morgan fingerprint density at radius 3 is 3.06 bits per heavy atom. The van der Waals surface area contributed by atoms with Crippen LogP contribution < -0.4 is 11.1 Å². The first-order chi connectivity index (χ1) is 7.70. The first-order valence-electron chi connectivity index (χ1n) is 5.50. The first-order valence-corrected chi connectivity index (χ1v) is 6.29. The molecule has 2 rings (SSSR count). The number of amides is 1. The third-order valence-electron chi connectivity index (χ3n) is 2.92. The van der Waals surface area contributed by atoms with Crippen LogP contribution in [-0.2, 0) is 11.2 Å². The molecule has 0 aliphatic carbocycles. The third-order valence-corrected chi connectivity index (χ3v) is 3.41. The zero-order valence-corrected chi connectivity index (χ0v) is 10.6. The van der Waals surface area contributed by atoms with Crippen LogP contribution >= 0.6 is 15.9 Å². The molecule has 3 N–H and O–H groups in total. The van der Waals surface area contributed by atoms with E-state index in [0.29, 0.717) is 6.54 Å². The van der Waals surface area contributed by atoms with Gasteiger partial charge in [-0.2, -0.15) is 0 Å². The van der Waals surface area contributed by atoms with Gasteiger partial charge < -0.3 is 11.1 Å². The van der Waals surface area contributed by atoms with E-state index in [9.17, 15) is 4.79 Å². The van der Waals surface area contributed by atoms with Gasteiger partial charge in [-0.25, -0.2) is 0 Å². The molecule has 16 heavy (non-hydrogen) atoms. The quantitative estimate of drug-likeness (QED) is 0.894. The Kier molecular flexibility index (Phi) is 3.61. The SMILES string of the molecule is NCCCC1Cc2cc(Br)ccc2NC1=O. The third kappa shape index (κ3) is 2.44. The molecule has 1 aliphatic rings. The molecule has 0 saturated carbocycles. The fourth-order valence-corrected chi connectivity index (χ4v) is 2.45. The predicted molar refractivity (Wildman–Crippen MR) is 68.3 cm³/mol. The maximum Gasteiger partial charge on any atom is 0.227 e. The van der Waals surface area contributed by atoms with E-state index in [4.69, 9.17) is 5.73 Å². The largest absolute Gasteiger partial charge is 0.330 e. The lowest BCUT2D eigenvalue weighted by molar-refractivity contribution is -0.120. The van der Waals surface area contributed by atoms with Crippen LogP contribution in [0.5, 0.6) is 0 Å².